The Morgan fingerprint density at radius 1 is 1.39 bits per heavy atom. The predicted octanol–water partition coefficient (Wildman–Crippen LogP) is 2.09. The smallest absolute Gasteiger partial charge is 0.275 e. The van der Waals surface area contributed by atoms with Crippen molar-refractivity contribution in [1.82, 2.24) is 15.1 Å². The molecular formula is C21H29N3O4. The fourth-order valence-electron chi connectivity index (χ4n) is 3.71. The molecule has 1 aliphatic carbocycles. The number of rotatable bonds is 7. The molecule has 2 aromatic rings. The summed E-state index contributed by atoms with van der Waals surface area (Å²) in [7, 11) is 0. The quantitative estimate of drug-likeness (QED) is 0.759. The second-order valence-corrected chi connectivity index (χ2v) is 8.19. The number of fused-ring (bicyclic) bond motifs is 1. The molecule has 0 radical (unpaired) electrons. The second-order valence-electron chi connectivity index (χ2n) is 8.19. The van der Waals surface area contributed by atoms with Crippen molar-refractivity contribution < 1.29 is 14.6 Å². The van der Waals surface area contributed by atoms with Gasteiger partial charge < -0.3 is 15.2 Å². The van der Waals surface area contributed by atoms with Crippen LogP contribution in [0, 0.1) is 0 Å². The van der Waals surface area contributed by atoms with Gasteiger partial charge >= 0.3 is 0 Å². The first kappa shape index (κ1) is 20.5. The minimum Gasteiger partial charge on any atom is -0.390 e. The maximum Gasteiger partial charge on any atom is 0.275 e. The van der Waals surface area contributed by atoms with E-state index in [4.69, 9.17) is 4.74 Å². The third kappa shape index (κ3) is 4.42. The fraction of sp³-hybridized carbons (Fsp3) is 0.571. The largest absolute Gasteiger partial charge is 0.390 e. The van der Waals surface area contributed by atoms with Gasteiger partial charge in [0, 0.05) is 18.0 Å². The van der Waals surface area contributed by atoms with Gasteiger partial charge in [-0.2, -0.15) is 5.10 Å². The maximum absolute atomic E-state index is 12.9. The summed E-state index contributed by atoms with van der Waals surface area (Å²) in [5.41, 5.74) is 0.787. The van der Waals surface area contributed by atoms with Crippen LogP contribution in [0.1, 0.15) is 57.7 Å². The molecule has 1 aromatic heterocycles. The maximum atomic E-state index is 12.9. The van der Waals surface area contributed by atoms with E-state index in [1.165, 1.54) is 4.68 Å². The number of ether oxygens (including phenoxy) is 1. The Labute approximate surface area is 164 Å². The van der Waals surface area contributed by atoms with Crippen molar-refractivity contribution in [2.24, 2.45) is 0 Å². The van der Waals surface area contributed by atoms with Crippen molar-refractivity contribution in [2.75, 3.05) is 6.61 Å². The Kier molecular flexibility index (Phi) is 5.86. The van der Waals surface area contributed by atoms with Crippen molar-refractivity contribution in [3.05, 3.63) is 39.8 Å². The summed E-state index contributed by atoms with van der Waals surface area (Å²) in [6.45, 7) is 8.70. The van der Waals surface area contributed by atoms with Crippen molar-refractivity contribution >= 4 is 16.7 Å². The monoisotopic (exact) mass is 387 g/mol. The fourth-order valence-corrected chi connectivity index (χ4v) is 3.71. The SMILES string of the molecule is CCOCc1ccc2c(=O)n(CC(=O)NC3CC(C)(O)C3)nc(C(C)C)c2c1. The molecule has 0 atom stereocenters. The number of hydrogen-bond donors (Lipinski definition) is 2. The molecule has 1 saturated carbocycles. The molecule has 152 valence electrons. The molecular weight excluding hydrogens is 358 g/mol. The summed E-state index contributed by atoms with van der Waals surface area (Å²) < 4.78 is 6.71. The predicted molar refractivity (Wildman–Crippen MR) is 107 cm³/mol. The highest BCUT2D eigenvalue weighted by molar-refractivity contribution is 5.85. The summed E-state index contributed by atoms with van der Waals surface area (Å²) in [5, 5.41) is 18.5. The molecule has 1 fully saturated rings. The molecule has 2 N–H and O–H groups in total. The van der Waals surface area contributed by atoms with Crippen LogP contribution in [0.5, 0.6) is 0 Å². The normalized spacial score (nSPS) is 21.7. The number of aromatic nitrogens is 2. The Bertz CT molecular complexity index is 925. The van der Waals surface area contributed by atoms with E-state index in [0.717, 1.165) is 16.6 Å². The number of carbonyl (C=O) groups excluding carboxylic acids is 1. The average molecular weight is 387 g/mol. The molecule has 0 unspecified atom stereocenters. The number of benzene rings is 1. The summed E-state index contributed by atoms with van der Waals surface area (Å²) in [4.78, 5) is 25.2. The van der Waals surface area contributed by atoms with Crippen LogP contribution in [-0.2, 0) is 22.7 Å². The van der Waals surface area contributed by atoms with E-state index in [9.17, 15) is 14.7 Å². The highest BCUT2D eigenvalue weighted by Gasteiger charge is 2.39. The van der Waals surface area contributed by atoms with Gasteiger partial charge in [0.05, 0.1) is 23.3 Å². The number of nitrogens with zero attached hydrogens (tertiary/aromatic N) is 2. The molecule has 1 amide bonds. The van der Waals surface area contributed by atoms with Gasteiger partial charge in [-0.1, -0.05) is 19.9 Å². The zero-order chi connectivity index (χ0) is 20.5. The lowest BCUT2D eigenvalue weighted by molar-refractivity contribution is -0.125. The Hall–Kier alpha value is -2.25. The van der Waals surface area contributed by atoms with E-state index in [-0.39, 0.29) is 30.0 Å². The second kappa shape index (κ2) is 8.01. The lowest BCUT2D eigenvalue weighted by Crippen LogP contribution is -2.54. The Morgan fingerprint density at radius 2 is 2.11 bits per heavy atom. The third-order valence-electron chi connectivity index (χ3n) is 5.10. The topological polar surface area (TPSA) is 93.5 Å². The van der Waals surface area contributed by atoms with E-state index < -0.39 is 5.60 Å². The molecule has 7 heteroatoms. The van der Waals surface area contributed by atoms with Gasteiger partial charge in [-0.25, -0.2) is 4.68 Å². The molecule has 0 bridgehead atoms. The number of nitrogens with one attached hydrogen (secondary N) is 1. The minimum absolute atomic E-state index is 0.0515. The molecule has 28 heavy (non-hydrogen) atoms. The molecule has 0 spiro atoms. The number of hydrogen-bond acceptors (Lipinski definition) is 5. The lowest BCUT2D eigenvalue weighted by atomic mass is 9.77. The van der Waals surface area contributed by atoms with Crippen LogP contribution in [0.25, 0.3) is 10.8 Å². The van der Waals surface area contributed by atoms with Crippen LogP contribution in [0.2, 0.25) is 0 Å². The first-order valence-corrected chi connectivity index (χ1v) is 9.83. The number of amides is 1. The zero-order valence-electron chi connectivity index (χ0n) is 17.0. The van der Waals surface area contributed by atoms with Crippen molar-refractivity contribution in [3.63, 3.8) is 0 Å². The number of aliphatic hydroxyl groups is 1. The van der Waals surface area contributed by atoms with Crippen LogP contribution >= 0.6 is 0 Å². The molecule has 0 aliphatic heterocycles. The van der Waals surface area contributed by atoms with Crippen LogP contribution in [-0.4, -0.2) is 39.0 Å². The molecule has 3 rings (SSSR count). The van der Waals surface area contributed by atoms with E-state index in [0.29, 0.717) is 31.4 Å². The van der Waals surface area contributed by atoms with E-state index >= 15 is 0 Å². The van der Waals surface area contributed by atoms with Gasteiger partial charge in [0.15, 0.2) is 0 Å². The zero-order valence-corrected chi connectivity index (χ0v) is 17.0. The Morgan fingerprint density at radius 3 is 2.71 bits per heavy atom. The van der Waals surface area contributed by atoms with Gasteiger partial charge in [-0.3, -0.25) is 9.59 Å². The van der Waals surface area contributed by atoms with Crippen molar-refractivity contribution in [3.8, 4) is 0 Å². The summed E-state index contributed by atoms with van der Waals surface area (Å²) >= 11 is 0. The highest BCUT2D eigenvalue weighted by atomic mass is 16.5. The molecule has 1 heterocycles. The van der Waals surface area contributed by atoms with E-state index in [2.05, 4.69) is 10.4 Å². The summed E-state index contributed by atoms with van der Waals surface area (Å²) in [5.74, 6) is -0.168. The highest BCUT2D eigenvalue weighted by Crippen LogP contribution is 2.31. The molecule has 7 nitrogen and oxygen atoms in total. The van der Waals surface area contributed by atoms with Crippen LogP contribution in [0.15, 0.2) is 23.0 Å². The van der Waals surface area contributed by atoms with Crippen LogP contribution < -0.4 is 10.9 Å². The molecule has 1 aromatic carbocycles. The van der Waals surface area contributed by atoms with E-state index in [1.807, 2.05) is 32.9 Å². The summed E-state index contributed by atoms with van der Waals surface area (Å²) in [6.07, 6.45) is 1.05. The molecule has 0 saturated heterocycles. The van der Waals surface area contributed by atoms with Gasteiger partial charge in [0.25, 0.3) is 5.56 Å². The van der Waals surface area contributed by atoms with Crippen molar-refractivity contribution in [1.29, 1.82) is 0 Å². The van der Waals surface area contributed by atoms with E-state index in [1.54, 1.807) is 13.0 Å². The van der Waals surface area contributed by atoms with Gasteiger partial charge in [0.1, 0.15) is 6.54 Å². The van der Waals surface area contributed by atoms with Gasteiger partial charge in [-0.05, 0) is 50.3 Å². The number of carbonyl (C=O) groups is 1. The van der Waals surface area contributed by atoms with Crippen LogP contribution in [0.3, 0.4) is 0 Å². The third-order valence-corrected chi connectivity index (χ3v) is 5.10. The van der Waals surface area contributed by atoms with Crippen molar-refractivity contribution in [2.45, 2.75) is 71.2 Å². The Balaban J connectivity index is 1.87. The lowest BCUT2D eigenvalue weighted by Gasteiger charge is -2.41. The van der Waals surface area contributed by atoms with Gasteiger partial charge in [0.2, 0.25) is 5.91 Å². The minimum atomic E-state index is -0.708. The first-order valence-electron chi connectivity index (χ1n) is 9.83. The molecule has 1 aliphatic rings. The standard InChI is InChI=1S/C21H29N3O4/c1-5-28-12-14-6-7-16-17(8-14)19(13(2)3)23-24(20(16)26)11-18(25)22-15-9-21(4,27)10-15/h6-8,13,15,27H,5,9-12H2,1-4H3,(H,22,25). The van der Waals surface area contributed by atoms with Gasteiger partial charge in [-0.15, -0.1) is 0 Å². The average Bonchev–Trinajstić information content (AvgIpc) is 2.60. The summed E-state index contributed by atoms with van der Waals surface area (Å²) in [6, 6.07) is 5.57. The van der Waals surface area contributed by atoms with Crippen LogP contribution in [0.4, 0.5) is 0 Å². The first-order chi connectivity index (χ1) is 13.2.